The first kappa shape index (κ1) is 11.2. The normalized spacial score (nSPS) is 12.6. The lowest BCUT2D eigenvalue weighted by atomic mass is 10.1. The van der Waals surface area contributed by atoms with Gasteiger partial charge >= 0.3 is 0 Å². The van der Waals surface area contributed by atoms with E-state index in [0.717, 1.165) is 9.13 Å². The smallest absolute Gasteiger partial charge is 0.176 e. The zero-order valence-electron chi connectivity index (χ0n) is 7.47. The minimum atomic E-state index is -0.106. The lowest BCUT2D eigenvalue weighted by Crippen LogP contribution is -2.10. The summed E-state index contributed by atoms with van der Waals surface area (Å²) in [5.74, 6) is 0.137. The van der Waals surface area contributed by atoms with Gasteiger partial charge in [0.2, 0.25) is 0 Å². The standard InChI is InChI=1S/C10H10BrIO/c1-6-3-4-8(5-9(6)12)10(13)7(2)11/h3-5,7H,1-2H3. The van der Waals surface area contributed by atoms with E-state index in [4.69, 9.17) is 0 Å². The minimum Gasteiger partial charge on any atom is -0.293 e. The number of aryl methyl sites for hydroxylation is 1. The summed E-state index contributed by atoms with van der Waals surface area (Å²) >= 11 is 5.51. The molecule has 1 nitrogen and oxygen atoms in total. The Labute approximate surface area is 100 Å². The fourth-order valence-electron chi connectivity index (χ4n) is 0.976. The molecule has 0 amide bonds. The molecule has 0 radical (unpaired) electrons. The highest BCUT2D eigenvalue weighted by Crippen LogP contribution is 2.16. The van der Waals surface area contributed by atoms with Crippen LogP contribution in [-0.2, 0) is 0 Å². The number of Topliss-reactive ketones (excluding diaryl/α,β-unsaturated/α-hetero) is 1. The molecule has 13 heavy (non-hydrogen) atoms. The first-order valence-electron chi connectivity index (χ1n) is 3.97. The molecular weight excluding hydrogens is 343 g/mol. The van der Waals surface area contributed by atoms with E-state index in [1.54, 1.807) is 0 Å². The van der Waals surface area contributed by atoms with Gasteiger partial charge in [0.1, 0.15) is 0 Å². The van der Waals surface area contributed by atoms with Crippen LogP contribution in [0.15, 0.2) is 18.2 Å². The Morgan fingerprint density at radius 3 is 2.62 bits per heavy atom. The largest absolute Gasteiger partial charge is 0.293 e. The van der Waals surface area contributed by atoms with Gasteiger partial charge in [0.15, 0.2) is 5.78 Å². The van der Waals surface area contributed by atoms with E-state index in [2.05, 4.69) is 38.5 Å². The van der Waals surface area contributed by atoms with Gasteiger partial charge in [-0.05, 0) is 48.1 Å². The monoisotopic (exact) mass is 352 g/mol. The van der Waals surface area contributed by atoms with Crippen LogP contribution in [0.3, 0.4) is 0 Å². The van der Waals surface area contributed by atoms with Crippen LogP contribution in [0, 0.1) is 10.5 Å². The van der Waals surface area contributed by atoms with Gasteiger partial charge in [0.05, 0.1) is 4.83 Å². The number of benzene rings is 1. The van der Waals surface area contributed by atoms with Gasteiger partial charge in [-0.25, -0.2) is 0 Å². The number of ketones is 1. The number of carbonyl (C=O) groups is 1. The second-order valence-corrected chi connectivity index (χ2v) is 5.48. The lowest BCUT2D eigenvalue weighted by molar-refractivity contribution is 0.0996. The average Bonchev–Trinajstić information content (AvgIpc) is 2.08. The second-order valence-electron chi connectivity index (χ2n) is 2.94. The third-order valence-electron chi connectivity index (χ3n) is 1.82. The molecule has 0 saturated carbocycles. The predicted molar refractivity (Wildman–Crippen MR) is 66.6 cm³/mol. The van der Waals surface area contributed by atoms with E-state index in [1.807, 2.05) is 32.0 Å². The number of carbonyl (C=O) groups excluding carboxylic acids is 1. The number of hydrogen-bond donors (Lipinski definition) is 0. The molecule has 0 heterocycles. The molecule has 0 aromatic heterocycles. The van der Waals surface area contributed by atoms with Crippen molar-refractivity contribution >= 4 is 44.3 Å². The Hall–Kier alpha value is 0.1000. The summed E-state index contributed by atoms with van der Waals surface area (Å²) < 4.78 is 1.14. The van der Waals surface area contributed by atoms with E-state index in [0.29, 0.717) is 0 Å². The van der Waals surface area contributed by atoms with Crippen LogP contribution < -0.4 is 0 Å². The molecule has 0 saturated heterocycles. The van der Waals surface area contributed by atoms with E-state index in [1.165, 1.54) is 5.56 Å². The van der Waals surface area contributed by atoms with Crippen LogP contribution in [0.25, 0.3) is 0 Å². The van der Waals surface area contributed by atoms with Crippen LogP contribution in [0.4, 0.5) is 0 Å². The summed E-state index contributed by atoms with van der Waals surface area (Å²) in [5, 5.41) is 0. The van der Waals surface area contributed by atoms with Gasteiger partial charge in [-0.3, -0.25) is 4.79 Å². The minimum absolute atomic E-state index is 0.106. The van der Waals surface area contributed by atoms with Gasteiger partial charge in [0, 0.05) is 9.13 Å². The third-order valence-corrected chi connectivity index (χ3v) is 3.40. The molecule has 0 N–H and O–H groups in total. The molecule has 0 aliphatic rings. The fraction of sp³-hybridized carbons (Fsp3) is 0.300. The first-order chi connectivity index (χ1) is 6.02. The summed E-state index contributed by atoms with van der Waals surface area (Å²) in [7, 11) is 0. The summed E-state index contributed by atoms with van der Waals surface area (Å²) in [4.78, 5) is 11.5. The molecule has 0 aliphatic carbocycles. The van der Waals surface area contributed by atoms with E-state index >= 15 is 0 Å². The molecule has 1 rings (SSSR count). The van der Waals surface area contributed by atoms with Crippen molar-refractivity contribution in [1.29, 1.82) is 0 Å². The van der Waals surface area contributed by atoms with Crippen molar-refractivity contribution in [2.45, 2.75) is 18.7 Å². The molecule has 1 aromatic rings. The highest BCUT2D eigenvalue weighted by Gasteiger charge is 2.12. The number of rotatable bonds is 2. The maximum absolute atomic E-state index is 11.6. The van der Waals surface area contributed by atoms with Crippen LogP contribution in [0.2, 0.25) is 0 Å². The van der Waals surface area contributed by atoms with Crippen molar-refractivity contribution < 1.29 is 4.79 Å². The molecular formula is C10H10BrIO. The quantitative estimate of drug-likeness (QED) is 0.452. The number of halogens is 2. The average molecular weight is 353 g/mol. The number of hydrogen-bond acceptors (Lipinski definition) is 1. The Bertz CT molecular complexity index is 334. The van der Waals surface area contributed by atoms with Gasteiger partial charge in [-0.2, -0.15) is 0 Å². The zero-order valence-corrected chi connectivity index (χ0v) is 11.2. The lowest BCUT2D eigenvalue weighted by Gasteiger charge is -2.04. The molecule has 3 heteroatoms. The fourth-order valence-corrected chi connectivity index (χ4v) is 1.76. The summed E-state index contributed by atoms with van der Waals surface area (Å²) in [6.45, 7) is 3.88. The molecule has 0 bridgehead atoms. The topological polar surface area (TPSA) is 17.1 Å². The Kier molecular flexibility index (Phi) is 3.91. The van der Waals surface area contributed by atoms with Crippen LogP contribution >= 0.6 is 38.5 Å². The molecule has 0 spiro atoms. The zero-order chi connectivity index (χ0) is 10.0. The Morgan fingerprint density at radius 1 is 1.54 bits per heavy atom. The summed E-state index contributed by atoms with van der Waals surface area (Å²) in [6, 6.07) is 5.78. The van der Waals surface area contributed by atoms with Crippen LogP contribution in [-0.4, -0.2) is 10.6 Å². The molecule has 0 fully saturated rings. The summed E-state index contributed by atoms with van der Waals surface area (Å²) in [5.41, 5.74) is 1.98. The highest BCUT2D eigenvalue weighted by atomic mass is 127. The first-order valence-corrected chi connectivity index (χ1v) is 5.96. The van der Waals surface area contributed by atoms with Crippen LogP contribution in [0.5, 0.6) is 0 Å². The van der Waals surface area contributed by atoms with Crippen molar-refractivity contribution in [3.63, 3.8) is 0 Å². The molecule has 1 atom stereocenters. The van der Waals surface area contributed by atoms with Crippen molar-refractivity contribution in [2.24, 2.45) is 0 Å². The maximum Gasteiger partial charge on any atom is 0.176 e. The van der Waals surface area contributed by atoms with E-state index in [-0.39, 0.29) is 10.6 Å². The van der Waals surface area contributed by atoms with E-state index in [9.17, 15) is 4.79 Å². The maximum atomic E-state index is 11.6. The molecule has 0 aliphatic heterocycles. The summed E-state index contributed by atoms with van der Waals surface area (Å²) in [6.07, 6.45) is 0. The highest BCUT2D eigenvalue weighted by molar-refractivity contribution is 14.1. The van der Waals surface area contributed by atoms with Gasteiger partial charge in [0.25, 0.3) is 0 Å². The van der Waals surface area contributed by atoms with Gasteiger partial charge < -0.3 is 0 Å². The van der Waals surface area contributed by atoms with Crippen molar-refractivity contribution in [3.05, 3.63) is 32.9 Å². The SMILES string of the molecule is Cc1ccc(C(=O)C(C)Br)cc1I. The van der Waals surface area contributed by atoms with Crippen molar-refractivity contribution in [3.8, 4) is 0 Å². The van der Waals surface area contributed by atoms with E-state index < -0.39 is 0 Å². The van der Waals surface area contributed by atoms with Crippen LogP contribution in [0.1, 0.15) is 22.8 Å². The Balaban J connectivity index is 3.04. The Morgan fingerprint density at radius 2 is 2.15 bits per heavy atom. The third kappa shape index (κ3) is 2.77. The van der Waals surface area contributed by atoms with Crippen molar-refractivity contribution in [1.82, 2.24) is 0 Å². The number of alkyl halides is 1. The predicted octanol–water partition coefficient (Wildman–Crippen LogP) is 3.57. The van der Waals surface area contributed by atoms with Crippen molar-refractivity contribution in [2.75, 3.05) is 0 Å². The van der Waals surface area contributed by atoms with Gasteiger partial charge in [-0.15, -0.1) is 0 Å². The molecule has 70 valence electrons. The van der Waals surface area contributed by atoms with Gasteiger partial charge in [-0.1, -0.05) is 28.1 Å². The second kappa shape index (κ2) is 4.55. The molecule has 1 unspecified atom stereocenters. The molecule has 1 aromatic carbocycles.